The molecule has 0 amide bonds. The number of carboxylic acids is 4. The van der Waals surface area contributed by atoms with E-state index in [0.29, 0.717) is 52.6 Å². The standard InChI is InChI=1S/C27H26F3NO5S.C26H32FNO4/c1-31(19-11-12-26(14-19,24(32)33)25(34)35)15-17-7-9-20(10-8-17)36-16-21-13-22(18-5-3-2-4-6-18)23(37-21)27(28,29)30;1-2-3-4-5-6-7-18-8-11-20(12-9-18)22-13-10-19(14-23(22)27)17-28-21-15-26(16-21,24(29)30)25(31)32/h2-10,13,19H,11-12,14-16H2,1H3,(H,32,33)(H,34,35);8-14,21,28H,2-7,15-17H2,1H3,(H,29,30)(H,31,32). The van der Waals surface area contributed by atoms with Gasteiger partial charge in [0, 0.05) is 41.2 Å². The van der Waals surface area contributed by atoms with Crippen LogP contribution in [0.15, 0.2) is 103 Å². The van der Waals surface area contributed by atoms with E-state index in [4.69, 9.17) is 14.9 Å². The van der Waals surface area contributed by atoms with Crippen molar-refractivity contribution in [3.05, 3.63) is 135 Å². The van der Waals surface area contributed by atoms with Gasteiger partial charge in [0.2, 0.25) is 0 Å². The Kier molecular flexibility index (Phi) is 17.4. The van der Waals surface area contributed by atoms with E-state index in [1.54, 1.807) is 48.5 Å². The van der Waals surface area contributed by atoms with Crippen LogP contribution in [0, 0.1) is 16.6 Å². The summed E-state index contributed by atoms with van der Waals surface area (Å²) in [5.74, 6) is -5.02. The quantitative estimate of drug-likeness (QED) is 0.0269. The van der Waals surface area contributed by atoms with Gasteiger partial charge in [0.05, 0.1) is 0 Å². The second kappa shape index (κ2) is 23.0. The smallest absolute Gasteiger partial charge is 0.426 e. The van der Waals surface area contributed by atoms with Crippen molar-refractivity contribution >= 4 is 35.2 Å². The average Bonchev–Trinajstić information content (AvgIpc) is 3.97. The van der Waals surface area contributed by atoms with E-state index in [9.17, 15) is 47.0 Å². The lowest BCUT2D eigenvalue weighted by molar-refractivity contribution is -0.173. The van der Waals surface area contributed by atoms with Crippen molar-refractivity contribution in [1.82, 2.24) is 10.2 Å². The zero-order valence-electron chi connectivity index (χ0n) is 38.6. The lowest BCUT2D eigenvalue weighted by atomic mass is 9.65. The molecule has 1 aromatic heterocycles. The zero-order chi connectivity index (χ0) is 49.9. The summed E-state index contributed by atoms with van der Waals surface area (Å²) in [5, 5.41) is 40.3. The van der Waals surface area contributed by atoms with Crippen LogP contribution < -0.4 is 10.1 Å². The van der Waals surface area contributed by atoms with E-state index < -0.39 is 45.8 Å². The molecule has 0 spiro atoms. The second-order valence-electron chi connectivity index (χ2n) is 18.1. The Morgan fingerprint density at radius 2 is 1.32 bits per heavy atom. The fourth-order valence-electron chi connectivity index (χ4n) is 9.01. The Morgan fingerprint density at radius 3 is 1.90 bits per heavy atom. The maximum absolute atomic E-state index is 14.7. The molecule has 0 radical (unpaired) electrons. The molecule has 2 fully saturated rings. The molecule has 2 aliphatic carbocycles. The Hall–Kier alpha value is -6.10. The van der Waals surface area contributed by atoms with Gasteiger partial charge in [-0.25, -0.2) is 4.39 Å². The molecule has 0 aliphatic heterocycles. The van der Waals surface area contributed by atoms with Gasteiger partial charge < -0.3 is 30.5 Å². The zero-order valence-corrected chi connectivity index (χ0v) is 39.4. The van der Waals surface area contributed by atoms with Gasteiger partial charge in [0.25, 0.3) is 0 Å². The summed E-state index contributed by atoms with van der Waals surface area (Å²) < 4.78 is 61.3. The number of hydrogen-bond acceptors (Lipinski definition) is 8. The van der Waals surface area contributed by atoms with Gasteiger partial charge in [0.15, 0.2) is 10.8 Å². The van der Waals surface area contributed by atoms with Crippen molar-refractivity contribution in [1.29, 1.82) is 0 Å². The molecule has 368 valence electrons. The van der Waals surface area contributed by atoms with E-state index in [1.807, 2.05) is 42.3 Å². The first-order valence-electron chi connectivity index (χ1n) is 23.1. The van der Waals surface area contributed by atoms with Crippen molar-refractivity contribution in [2.75, 3.05) is 7.05 Å². The first-order chi connectivity index (χ1) is 32.8. The predicted octanol–water partition coefficient (Wildman–Crippen LogP) is 11.6. The Labute approximate surface area is 402 Å². The van der Waals surface area contributed by atoms with Crippen LogP contribution in [0.2, 0.25) is 0 Å². The Balaban J connectivity index is 0.000000229. The van der Waals surface area contributed by atoms with Crippen molar-refractivity contribution in [3.8, 4) is 28.0 Å². The molecule has 2 aliphatic rings. The normalized spacial score (nSPS) is 16.3. The minimum absolute atomic E-state index is 0.00559. The minimum atomic E-state index is -4.46. The third kappa shape index (κ3) is 13.0. The minimum Gasteiger partial charge on any atom is -0.488 e. The molecule has 2 saturated carbocycles. The molecule has 1 unspecified atom stereocenters. The topological polar surface area (TPSA) is 174 Å². The Morgan fingerprint density at radius 1 is 0.725 bits per heavy atom. The van der Waals surface area contributed by atoms with E-state index in [1.165, 1.54) is 49.8 Å². The van der Waals surface area contributed by atoms with Crippen LogP contribution in [0.1, 0.15) is 97.6 Å². The monoisotopic (exact) mass is 974 g/mol. The van der Waals surface area contributed by atoms with Gasteiger partial charge in [0.1, 0.15) is 23.1 Å². The number of nitrogens with one attached hydrogen (secondary N) is 1. The highest BCUT2D eigenvalue weighted by Gasteiger charge is 2.57. The lowest BCUT2D eigenvalue weighted by Gasteiger charge is -2.41. The number of benzene rings is 4. The SMILES string of the molecule is CCCCCCCc1ccc(-c2ccc(CNC3CC(C(=O)O)(C(=O)O)C3)cc2F)cc1.CN(Cc1ccc(OCc2cc(-c3ccccc3)c(C(F)(F)F)s2)cc1)C1CCC(C(=O)O)(C(=O)O)C1. The summed E-state index contributed by atoms with van der Waals surface area (Å²) in [6, 6.07) is 29.8. The molecule has 5 aromatic rings. The summed E-state index contributed by atoms with van der Waals surface area (Å²) in [6.07, 6.45) is 3.48. The number of rotatable bonds is 21. The number of thiophene rings is 1. The van der Waals surface area contributed by atoms with Gasteiger partial charge in [-0.15, -0.1) is 11.3 Å². The van der Waals surface area contributed by atoms with E-state index in [2.05, 4.69) is 24.4 Å². The van der Waals surface area contributed by atoms with Gasteiger partial charge in [-0.2, -0.15) is 13.2 Å². The van der Waals surface area contributed by atoms with Crippen LogP contribution in [0.4, 0.5) is 17.6 Å². The number of unbranched alkanes of at least 4 members (excludes halogenated alkanes) is 4. The van der Waals surface area contributed by atoms with Crippen molar-refractivity contribution in [2.45, 2.75) is 116 Å². The average molecular weight is 975 g/mol. The summed E-state index contributed by atoms with van der Waals surface area (Å²) in [6.45, 7) is 3.05. The number of nitrogens with zero attached hydrogens (tertiary/aromatic N) is 1. The number of carbonyl (C=O) groups is 4. The molecule has 1 atom stereocenters. The molecule has 1 heterocycles. The number of halogens is 4. The molecular formula is C53H58F4N2O9S. The molecule has 11 nitrogen and oxygen atoms in total. The van der Waals surface area contributed by atoms with Gasteiger partial charge in [-0.3, -0.25) is 24.1 Å². The van der Waals surface area contributed by atoms with Gasteiger partial charge in [-0.05, 0) is 104 Å². The first-order valence-corrected chi connectivity index (χ1v) is 23.9. The summed E-state index contributed by atoms with van der Waals surface area (Å²) in [4.78, 5) is 47.3. The number of alkyl halides is 3. The van der Waals surface area contributed by atoms with Crippen molar-refractivity contribution in [2.24, 2.45) is 10.8 Å². The molecule has 5 N–H and O–H groups in total. The van der Waals surface area contributed by atoms with Crippen LogP contribution in [-0.4, -0.2) is 68.3 Å². The van der Waals surface area contributed by atoms with Gasteiger partial charge in [-0.1, -0.05) is 111 Å². The molecule has 69 heavy (non-hydrogen) atoms. The van der Waals surface area contributed by atoms with E-state index >= 15 is 0 Å². The van der Waals surface area contributed by atoms with Crippen LogP contribution in [0.5, 0.6) is 5.75 Å². The van der Waals surface area contributed by atoms with Crippen LogP contribution in [0.3, 0.4) is 0 Å². The van der Waals surface area contributed by atoms with Crippen LogP contribution >= 0.6 is 11.3 Å². The number of ether oxygens (including phenoxy) is 1. The van der Waals surface area contributed by atoms with Crippen LogP contribution in [-0.2, 0) is 51.5 Å². The molecule has 4 aromatic carbocycles. The van der Waals surface area contributed by atoms with Gasteiger partial charge >= 0.3 is 30.1 Å². The number of hydrogen-bond donors (Lipinski definition) is 5. The largest absolute Gasteiger partial charge is 0.488 e. The number of aliphatic carboxylic acids is 4. The summed E-state index contributed by atoms with van der Waals surface area (Å²) in [5.41, 5.74) is 1.49. The number of carboxylic acid groups (broad SMARTS) is 4. The van der Waals surface area contributed by atoms with Crippen LogP contribution in [0.25, 0.3) is 22.3 Å². The summed E-state index contributed by atoms with van der Waals surface area (Å²) >= 11 is 0.670. The lowest BCUT2D eigenvalue weighted by Crippen LogP contribution is -2.56. The van der Waals surface area contributed by atoms with Crippen molar-refractivity contribution in [3.63, 3.8) is 0 Å². The highest BCUT2D eigenvalue weighted by Crippen LogP contribution is 2.44. The molecule has 7 rings (SSSR count). The second-order valence-corrected chi connectivity index (χ2v) is 19.2. The summed E-state index contributed by atoms with van der Waals surface area (Å²) in [7, 11) is 1.83. The third-order valence-corrected chi connectivity index (χ3v) is 14.4. The molecule has 16 heteroatoms. The third-order valence-electron chi connectivity index (χ3n) is 13.3. The highest BCUT2D eigenvalue weighted by atomic mass is 32.1. The first kappa shape index (κ1) is 52.3. The maximum Gasteiger partial charge on any atom is 0.426 e. The fourth-order valence-corrected chi connectivity index (χ4v) is 9.97. The van der Waals surface area contributed by atoms with E-state index in [-0.39, 0.29) is 55.8 Å². The molecule has 0 saturated heterocycles. The fraction of sp³-hybridized carbons (Fsp3) is 0.396. The van der Waals surface area contributed by atoms with Crippen molar-refractivity contribution < 1.29 is 61.9 Å². The molecule has 0 bridgehead atoms. The predicted molar refractivity (Wildman–Crippen MR) is 254 cm³/mol. The maximum atomic E-state index is 14.7. The molecular weight excluding hydrogens is 917 g/mol. The Bertz CT molecular complexity index is 2510. The highest BCUT2D eigenvalue weighted by molar-refractivity contribution is 7.12. The van der Waals surface area contributed by atoms with E-state index in [0.717, 1.165) is 23.1 Å². The number of aryl methyl sites for hydroxylation is 1.